The van der Waals surface area contributed by atoms with E-state index < -0.39 is 6.36 Å². The molecule has 0 radical (unpaired) electrons. The average molecular weight is 230 g/mol. The van der Waals surface area contributed by atoms with Gasteiger partial charge in [-0.15, -0.1) is 13.2 Å². The van der Waals surface area contributed by atoms with Crippen LogP contribution in [-0.2, 0) is 0 Å². The zero-order valence-corrected chi connectivity index (χ0v) is 8.41. The van der Waals surface area contributed by atoms with Crippen LogP contribution in [0.1, 0.15) is 17.3 Å². The standard InChI is InChI=1S/C11H9F3O2/c1-2-3-10(15)8-4-6-9(7-5-8)16-11(12,13)14/h2-7H,1H3/b3-2+. The summed E-state index contributed by atoms with van der Waals surface area (Å²) < 4.78 is 39.1. The second-order valence-electron chi connectivity index (χ2n) is 2.94. The van der Waals surface area contributed by atoms with Crippen molar-refractivity contribution in [3.63, 3.8) is 0 Å². The third-order valence-electron chi connectivity index (χ3n) is 1.69. The van der Waals surface area contributed by atoms with Gasteiger partial charge in [0.15, 0.2) is 5.78 Å². The van der Waals surface area contributed by atoms with Gasteiger partial charge in [-0.1, -0.05) is 6.08 Å². The van der Waals surface area contributed by atoms with Crippen LogP contribution in [0.5, 0.6) is 5.75 Å². The lowest BCUT2D eigenvalue weighted by molar-refractivity contribution is -0.274. The Balaban J connectivity index is 2.79. The molecular weight excluding hydrogens is 221 g/mol. The Morgan fingerprint density at radius 3 is 2.25 bits per heavy atom. The van der Waals surface area contributed by atoms with E-state index in [0.717, 1.165) is 12.1 Å². The summed E-state index contributed by atoms with van der Waals surface area (Å²) in [6.45, 7) is 1.68. The molecule has 0 aliphatic rings. The quantitative estimate of drug-likeness (QED) is 0.588. The number of hydrogen-bond acceptors (Lipinski definition) is 2. The van der Waals surface area contributed by atoms with E-state index >= 15 is 0 Å². The maximum absolute atomic E-state index is 11.8. The van der Waals surface area contributed by atoms with Crippen LogP contribution in [0.15, 0.2) is 36.4 Å². The highest BCUT2D eigenvalue weighted by Gasteiger charge is 2.30. The topological polar surface area (TPSA) is 26.3 Å². The van der Waals surface area contributed by atoms with E-state index in [1.807, 2.05) is 0 Å². The van der Waals surface area contributed by atoms with Gasteiger partial charge in [-0.2, -0.15) is 0 Å². The van der Waals surface area contributed by atoms with Crippen molar-refractivity contribution >= 4 is 5.78 Å². The lowest BCUT2D eigenvalue weighted by atomic mass is 10.1. The van der Waals surface area contributed by atoms with E-state index in [2.05, 4.69) is 4.74 Å². The number of ether oxygens (including phenoxy) is 1. The van der Waals surface area contributed by atoms with Gasteiger partial charge in [-0.05, 0) is 37.3 Å². The van der Waals surface area contributed by atoms with Crippen molar-refractivity contribution in [1.82, 2.24) is 0 Å². The number of ketones is 1. The lowest BCUT2D eigenvalue weighted by Gasteiger charge is -2.08. The molecule has 0 aliphatic heterocycles. The minimum Gasteiger partial charge on any atom is -0.406 e. The van der Waals surface area contributed by atoms with Crippen LogP contribution in [0.3, 0.4) is 0 Å². The Labute approximate surface area is 90.3 Å². The summed E-state index contributed by atoms with van der Waals surface area (Å²) in [6.07, 6.45) is -1.82. The van der Waals surface area contributed by atoms with Gasteiger partial charge in [0, 0.05) is 5.56 Å². The van der Waals surface area contributed by atoms with Gasteiger partial charge in [0.25, 0.3) is 0 Å². The number of allylic oxidation sites excluding steroid dienone is 2. The van der Waals surface area contributed by atoms with E-state index in [4.69, 9.17) is 0 Å². The summed E-state index contributed by atoms with van der Waals surface area (Å²) in [6, 6.07) is 4.77. The Morgan fingerprint density at radius 1 is 1.25 bits per heavy atom. The second-order valence-corrected chi connectivity index (χ2v) is 2.94. The summed E-state index contributed by atoms with van der Waals surface area (Å²) in [4.78, 5) is 11.3. The molecule has 0 amide bonds. The number of rotatable bonds is 3. The predicted molar refractivity (Wildman–Crippen MR) is 52.3 cm³/mol. The zero-order valence-electron chi connectivity index (χ0n) is 8.41. The van der Waals surface area contributed by atoms with Crippen molar-refractivity contribution < 1.29 is 22.7 Å². The molecule has 0 N–H and O–H groups in total. The summed E-state index contributed by atoms with van der Waals surface area (Å²) in [7, 11) is 0. The summed E-state index contributed by atoms with van der Waals surface area (Å²) in [5.74, 6) is -0.606. The molecule has 0 heterocycles. The smallest absolute Gasteiger partial charge is 0.406 e. The minimum absolute atomic E-state index is 0.263. The molecule has 0 fully saturated rings. The number of halogens is 3. The SMILES string of the molecule is C/C=C/C(=O)c1ccc(OC(F)(F)F)cc1. The number of carbonyl (C=O) groups is 1. The van der Waals surface area contributed by atoms with Crippen LogP contribution in [0.25, 0.3) is 0 Å². The fourth-order valence-corrected chi connectivity index (χ4v) is 1.07. The van der Waals surface area contributed by atoms with Gasteiger partial charge in [0.2, 0.25) is 0 Å². The van der Waals surface area contributed by atoms with Crippen LogP contribution in [0, 0.1) is 0 Å². The van der Waals surface area contributed by atoms with Crippen molar-refractivity contribution in [3.8, 4) is 5.75 Å². The van der Waals surface area contributed by atoms with Crippen molar-refractivity contribution in [2.24, 2.45) is 0 Å². The van der Waals surface area contributed by atoms with Crippen molar-refractivity contribution in [2.45, 2.75) is 13.3 Å². The molecule has 0 atom stereocenters. The monoisotopic (exact) mass is 230 g/mol. The first-order chi connectivity index (χ1) is 7.42. The predicted octanol–water partition coefficient (Wildman–Crippen LogP) is 3.34. The zero-order chi connectivity index (χ0) is 12.2. The first-order valence-electron chi connectivity index (χ1n) is 4.45. The molecule has 1 rings (SSSR count). The molecule has 0 saturated heterocycles. The lowest BCUT2D eigenvalue weighted by Crippen LogP contribution is -2.17. The molecule has 1 aromatic carbocycles. The van der Waals surface area contributed by atoms with Crippen LogP contribution >= 0.6 is 0 Å². The van der Waals surface area contributed by atoms with Gasteiger partial charge in [0.1, 0.15) is 5.75 Å². The maximum Gasteiger partial charge on any atom is 0.573 e. The second kappa shape index (κ2) is 4.83. The molecule has 0 aromatic heterocycles. The van der Waals surface area contributed by atoms with Gasteiger partial charge in [-0.3, -0.25) is 4.79 Å². The van der Waals surface area contributed by atoms with E-state index in [0.29, 0.717) is 5.56 Å². The molecule has 16 heavy (non-hydrogen) atoms. The van der Waals surface area contributed by atoms with Gasteiger partial charge >= 0.3 is 6.36 Å². The van der Waals surface area contributed by atoms with Crippen LogP contribution in [0.2, 0.25) is 0 Å². The fraction of sp³-hybridized carbons (Fsp3) is 0.182. The van der Waals surface area contributed by atoms with Gasteiger partial charge in [0.05, 0.1) is 0 Å². The fourth-order valence-electron chi connectivity index (χ4n) is 1.07. The Bertz CT molecular complexity index is 391. The Kier molecular flexibility index (Phi) is 3.71. The van der Waals surface area contributed by atoms with Crippen LogP contribution in [-0.4, -0.2) is 12.1 Å². The Morgan fingerprint density at radius 2 is 1.81 bits per heavy atom. The molecule has 5 heteroatoms. The number of benzene rings is 1. The maximum atomic E-state index is 11.8. The third kappa shape index (κ3) is 3.76. The van der Waals surface area contributed by atoms with E-state index in [-0.39, 0.29) is 11.5 Å². The Hall–Kier alpha value is -1.78. The van der Waals surface area contributed by atoms with E-state index in [1.54, 1.807) is 13.0 Å². The molecule has 0 unspecified atom stereocenters. The summed E-state index contributed by atoms with van der Waals surface area (Å²) in [5.41, 5.74) is 0.313. The number of hydrogen-bond donors (Lipinski definition) is 0. The molecular formula is C11H9F3O2. The normalized spacial score (nSPS) is 11.8. The van der Waals surface area contributed by atoms with Crippen molar-refractivity contribution in [1.29, 1.82) is 0 Å². The molecule has 86 valence electrons. The number of alkyl halides is 3. The molecule has 0 aliphatic carbocycles. The molecule has 2 nitrogen and oxygen atoms in total. The molecule has 0 saturated carbocycles. The van der Waals surface area contributed by atoms with Crippen LogP contribution in [0.4, 0.5) is 13.2 Å². The van der Waals surface area contributed by atoms with Gasteiger partial charge in [-0.25, -0.2) is 0 Å². The third-order valence-corrected chi connectivity index (χ3v) is 1.69. The highest BCUT2D eigenvalue weighted by Crippen LogP contribution is 2.22. The molecule has 1 aromatic rings. The first-order valence-corrected chi connectivity index (χ1v) is 4.45. The van der Waals surface area contributed by atoms with Gasteiger partial charge < -0.3 is 4.74 Å². The minimum atomic E-state index is -4.71. The number of carbonyl (C=O) groups excluding carboxylic acids is 1. The summed E-state index contributed by atoms with van der Waals surface area (Å²) >= 11 is 0. The molecule has 0 spiro atoms. The first kappa shape index (κ1) is 12.3. The van der Waals surface area contributed by atoms with Crippen LogP contribution < -0.4 is 4.74 Å². The van der Waals surface area contributed by atoms with Crippen molar-refractivity contribution in [2.75, 3.05) is 0 Å². The summed E-state index contributed by atoms with van der Waals surface area (Å²) in [5, 5.41) is 0. The molecule has 0 bridgehead atoms. The largest absolute Gasteiger partial charge is 0.573 e. The van der Waals surface area contributed by atoms with Crippen molar-refractivity contribution in [3.05, 3.63) is 42.0 Å². The average Bonchev–Trinajstić information content (AvgIpc) is 2.16. The van der Waals surface area contributed by atoms with E-state index in [1.165, 1.54) is 18.2 Å². The highest BCUT2D eigenvalue weighted by atomic mass is 19.4. The highest BCUT2D eigenvalue weighted by molar-refractivity contribution is 6.04. The van der Waals surface area contributed by atoms with E-state index in [9.17, 15) is 18.0 Å².